The predicted molar refractivity (Wildman–Crippen MR) is 113 cm³/mol. The molecule has 0 bridgehead atoms. The Morgan fingerprint density at radius 2 is 2.10 bits per heavy atom. The van der Waals surface area contributed by atoms with E-state index in [0.29, 0.717) is 53.8 Å². The Labute approximate surface area is 179 Å². The second-order valence-corrected chi connectivity index (χ2v) is 8.97. The van der Waals surface area contributed by atoms with Crippen molar-refractivity contribution < 1.29 is 28.6 Å². The normalized spacial score (nSPS) is 20.1. The number of benzene rings is 1. The summed E-state index contributed by atoms with van der Waals surface area (Å²) in [6, 6.07) is 3.16. The summed E-state index contributed by atoms with van der Waals surface area (Å²) in [5.41, 5.74) is 1.15. The Hall–Kier alpha value is -3.03. The molecule has 4 rings (SSSR count). The minimum Gasteiger partial charge on any atom is -0.487 e. The molecule has 8 nitrogen and oxygen atoms in total. The van der Waals surface area contributed by atoms with Gasteiger partial charge in [-0.15, -0.1) is 0 Å². The summed E-state index contributed by atoms with van der Waals surface area (Å²) in [4.78, 5) is 37.6. The lowest BCUT2D eigenvalue weighted by atomic mass is 9.92. The zero-order valence-corrected chi connectivity index (χ0v) is 18.0. The van der Waals surface area contributed by atoms with Crippen molar-refractivity contribution in [3.05, 3.63) is 33.7 Å². The molecule has 0 saturated carbocycles. The fourth-order valence-electron chi connectivity index (χ4n) is 4.37. The maximum Gasteiger partial charge on any atom is 0.336 e. The third-order valence-electron chi connectivity index (χ3n) is 6.08. The van der Waals surface area contributed by atoms with Crippen molar-refractivity contribution in [2.75, 3.05) is 19.7 Å². The van der Waals surface area contributed by atoms with E-state index in [1.807, 2.05) is 13.8 Å². The average Bonchev–Trinajstić information content (AvgIpc) is 2.70. The molecule has 0 aliphatic carbocycles. The molecule has 1 aromatic heterocycles. The molecular formula is C23H27NO7. The van der Waals surface area contributed by atoms with Crippen LogP contribution in [0.1, 0.15) is 44.2 Å². The Kier molecular flexibility index (Phi) is 5.41. The number of carbonyl (C=O) groups is 2. The van der Waals surface area contributed by atoms with Crippen molar-refractivity contribution in [3.63, 3.8) is 0 Å². The average molecular weight is 429 g/mol. The fourth-order valence-corrected chi connectivity index (χ4v) is 4.37. The highest BCUT2D eigenvalue weighted by molar-refractivity contribution is 5.91. The van der Waals surface area contributed by atoms with Crippen molar-refractivity contribution in [1.82, 2.24) is 4.90 Å². The Balaban J connectivity index is 1.64. The summed E-state index contributed by atoms with van der Waals surface area (Å²) in [7, 11) is 0. The summed E-state index contributed by atoms with van der Waals surface area (Å²) >= 11 is 0. The number of hydrogen-bond donors (Lipinski definition) is 1. The van der Waals surface area contributed by atoms with Crippen molar-refractivity contribution in [1.29, 1.82) is 0 Å². The Bertz CT molecular complexity index is 1100. The number of fused-ring (bicyclic) bond motifs is 3. The zero-order valence-electron chi connectivity index (χ0n) is 18.0. The van der Waals surface area contributed by atoms with Crippen LogP contribution >= 0.6 is 0 Å². The standard InChI is InChI=1S/C23H27NO7/c1-13-9-19(26)30-21-15-6-7-23(2,3)31-16(15)10-17(20(13)21)29-12-18(25)24-8-4-5-14(11-24)22(27)28/h9-10,14H,4-8,11-12H2,1-3H3,(H,27,28)/t14-/m0/s1. The molecule has 0 spiro atoms. The maximum absolute atomic E-state index is 12.7. The molecule has 2 aliphatic rings. The van der Waals surface area contributed by atoms with Gasteiger partial charge in [0.25, 0.3) is 5.91 Å². The number of carbonyl (C=O) groups excluding carboxylic acids is 1. The number of likely N-dealkylation sites (tertiary alicyclic amines) is 1. The molecule has 1 atom stereocenters. The van der Waals surface area contributed by atoms with Gasteiger partial charge in [-0.2, -0.15) is 0 Å². The molecule has 31 heavy (non-hydrogen) atoms. The number of rotatable bonds is 4. The number of hydrogen-bond acceptors (Lipinski definition) is 6. The highest BCUT2D eigenvalue weighted by Gasteiger charge is 2.31. The number of aliphatic carboxylic acids is 1. The van der Waals surface area contributed by atoms with Gasteiger partial charge in [0.2, 0.25) is 0 Å². The van der Waals surface area contributed by atoms with Gasteiger partial charge in [0, 0.05) is 30.8 Å². The van der Waals surface area contributed by atoms with Gasteiger partial charge in [0.1, 0.15) is 22.7 Å². The van der Waals surface area contributed by atoms with Crippen LogP contribution in [0.4, 0.5) is 0 Å². The first kappa shape index (κ1) is 21.2. The summed E-state index contributed by atoms with van der Waals surface area (Å²) in [5.74, 6) is -0.705. The topological polar surface area (TPSA) is 106 Å². The summed E-state index contributed by atoms with van der Waals surface area (Å²) in [5, 5.41) is 9.90. The van der Waals surface area contributed by atoms with E-state index < -0.39 is 17.5 Å². The van der Waals surface area contributed by atoms with E-state index in [1.54, 1.807) is 13.0 Å². The second kappa shape index (κ2) is 7.90. The molecule has 1 amide bonds. The number of nitrogens with zero attached hydrogens (tertiary/aromatic N) is 1. The minimum atomic E-state index is -0.885. The van der Waals surface area contributed by atoms with Gasteiger partial charge in [-0.3, -0.25) is 9.59 Å². The number of piperidine rings is 1. The lowest BCUT2D eigenvalue weighted by Gasteiger charge is -2.33. The van der Waals surface area contributed by atoms with Gasteiger partial charge in [0.15, 0.2) is 6.61 Å². The lowest BCUT2D eigenvalue weighted by molar-refractivity contribution is -0.146. The smallest absolute Gasteiger partial charge is 0.336 e. The van der Waals surface area contributed by atoms with Gasteiger partial charge in [-0.25, -0.2) is 4.79 Å². The van der Waals surface area contributed by atoms with E-state index in [9.17, 15) is 19.5 Å². The third-order valence-corrected chi connectivity index (χ3v) is 6.08. The summed E-state index contributed by atoms with van der Waals surface area (Å²) in [6.45, 7) is 6.26. The number of ether oxygens (including phenoxy) is 2. The van der Waals surface area contributed by atoms with E-state index in [0.717, 1.165) is 12.0 Å². The van der Waals surface area contributed by atoms with Crippen molar-refractivity contribution in [3.8, 4) is 11.5 Å². The molecular weight excluding hydrogens is 402 g/mol. The van der Waals surface area contributed by atoms with E-state index in [1.165, 1.54) is 11.0 Å². The maximum atomic E-state index is 12.7. The molecule has 8 heteroatoms. The highest BCUT2D eigenvalue weighted by Crippen LogP contribution is 2.42. The first-order valence-electron chi connectivity index (χ1n) is 10.6. The van der Waals surface area contributed by atoms with Crippen molar-refractivity contribution in [2.24, 2.45) is 5.92 Å². The first-order valence-corrected chi connectivity index (χ1v) is 10.6. The van der Waals surface area contributed by atoms with Crippen molar-refractivity contribution in [2.45, 2.75) is 52.1 Å². The van der Waals surface area contributed by atoms with Crippen LogP contribution in [-0.2, 0) is 16.0 Å². The van der Waals surface area contributed by atoms with E-state index in [-0.39, 0.29) is 24.7 Å². The Morgan fingerprint density at radius 1 is 1.32 bits per heavy atom. The summed E-state index contributed by atoms with van der Waals surface area (Å²) in [6.07, 6.45) is 2.71. The van der Waals surface area contributed by atoms with Crippen LogP contribution in [-0.4, -0.2) is 47.2 Å². The molecule has 2 aliphatic heterocycles. The molecule has 2 aromatic rings. The van der Waals surface area contributed by atoms with Gasteiger partial charge < -0.3 is 23.9 Å². The van der Waals surface area contributed by atoms with Gasteiger partial charge in [-0.05, 0) is 52.0 Å². The van der Waals surface area contributed by atoms with Crippen LogP contribution in [0, 0.1) is 12.8 Å². The summed E-state index contributed by atoms with van der Waals surface area (Å²) < 4.78 is 17.6. The minimum absolute atomic E-state index is 0.188. The van der Waals surface area contributed by atoms with Crippen LogP contribution in [0.25, 0.3) is 11.0 Å². The van der Waals surface area contributed by atoms with E-state index >= 15 is 0 Å². The Morgan fingerprint density at radius 3 is 2.84 bits per heavy atom. The zero-order chi connectivity index (χ0) is 22.3. The molecule has 1 fully saturated rings. The van der Waals surface area contributed by atoms with E-state index in [4.69, 9.17) is 13.9 Å². The molecule has 1 N–H and O–H groups in total. The quantitative estimate of drug-likeness (QED) is 0.745. The van der Waals surface area contributed by atoms with Crippen molar-refractivity contribution >= 4 is 22.8 Å². The monoisotopic (exact) mass is 429 g/mol. The van der Waals surface area contributed by atoms with Gasteiger partial charge in [-0.1, -0.05) is 0 Å². The molecule has 3 heterocycles. The number of amides is 1. The van der Waals surface area contributed by atoms with Crippen LogP contribution in [0.2, 0.25) is 0 Å². The molecule has 166 valence electrons. The number of carboxylic acid groups (broad SMARTS) is 1. The van der Waals surface area contributed by atoms with E-state index in [2.05, 4.69) is 0 Å². The van der Waals surface area contributed by atoms with Crippen LogP contribution in [0.15, 0.2) is 21.3 Å². The number of carboxylic acids is 1. The SMILES string of the molecule is Cc1cc(=O)oc2c3c(cc(OCC(=O)N4CCC[C@H](C(=O)O)C4)c12)OC(C)(C)CC3. The fraction of sp³-hybridized carbons (Fsp3) is 0.522. The predicted octanol–water partition coefficient (Wildman–Crippen LogP) is 2.91. The van der Waals surface area contributed by atoms with Crippen LogP contribution in [0.3, 0.4) is 0 Å². The first-order chi connectivity index (χ1) is 14.6. The van der Waals surface area contributed by atoms with Crippen LogP contribution < -0.4 is 15.1 Å². The largest absolute Gasteiger partial charge is 0.487 e. The van der Waals surface area contributed by atoms with Gasteiger partial charge >= 0.3 is 11.6 Å². The lowest BCUT2D eigenvalue weighted by Crippen LogP contribution is -2.44. The molecule has 1 saturated heterocycles. The third kappa shape index (κ3) is 4.24. The van der Waals surface area contributed by atoms with Crippen LogP contribution in [0.5, 0.6) is 11.5 Å². The van der Waals surface area contributed by atoms with Gasteiger partial charge in [0.05, 0.1) is 11.3 Å². The second-order valence-electron chi connectivity index (χ2n) is 8.97. The molecule has 0 radical (unpaired) electrons. The molecule has 1 aromatic carbocycles. The number of aryl methyl sites for hydroxylation is 2. The highest BCUT2D eigenvalue weighted by atomic mass is 16.5. The molecule has 0 unspecified atom stereocenters.